The van der Waals surface area contributed by atoms with Crippen LogP contribution in [-0.4, -0.2) is 54.0 Å². The molecule has 4 amide bonds. The summed E-state index contributed by atoms with van der Waals surface area (Å²) in [6, 6.07) is 8.76. The molecule has 0 aliphatic carbocycles. The minimum atomic E-state index is -0.479. The van der Waals surface area contributed by atoms with E-state index in [0.29, 0.717) is 18.7 Å². The number of amides is 4. The molecule has 0 aromatic heterocycles. The molecule has 1 heterocycles. The number of benzene rings is 1. The summed E-state index contributed by atoms with van der Waals surface area (Å²) in [5.41, 5.74) is 0.263. The van der Waals surface area contributed by atoms with Gasteiger partial charge in [-0.2, -0.15) is 0 Å². The number of urea groups is 1. The zero-order valence-corrected chi connectivity index (χ0v) is 15.7. The summed E-state index contributed by atoms with van der Waals surface area (Å²) < 4.78 is 0. The molecule has 0 bridgehead atoms. The standard InChI is InChI=1S/C19H28N4O3/c1-19(2,3)22-18(26)21-16(24)13-23-11-9-15(10-12-23)20-17(25)14-7-5-4-6-8-14/h4-8,15H,9-13H2,1-3H3,(H,20,25)(H2,21,22,24,26). The number of nitrogens with one attached hydrogen (secondary N) is 3. The highest BCUT2D eigenvalue weighted by molar-refractivity contribution is 5.95. The van der Waals surface area contributed by atoms with Gasteiger partial charge in [0.05, 0.1) is 6.54 Å². The Kier molecular flexibility index (Phi) is 6.74. The predicted octanol–water partition coefficient (Wildman–Crippen LogP) is 1.51. The molecule has 1 aromatic rings. The fourth-order valence-electron chi connectivity index (χ4n) is 2.83. The summed E-state index contributed by atoms with van der Waals surface area (Å²) in [4.78, 5) is 37.8. The Morgan fingerprint density at radius 3 is 2.27 bits per heavy atom. The van der Waals surface area contributed by atoms with Crippen LogP contribution in [0.2, 0.25) is 0 Å². The number of hydrogen-bond donors (Lipinski definition) is 3. The molecule has 0 spiro atoms. The molecule has 0 saturated carbocycles. The quantitative estimate of drug-likeness (QED) is 0.759. The van der Waals surface area contributed by atoms with Crippen LogP contribution >= 0.6 is 0 Å². The van der Waals surface area contributed by atoms with E-state index in [1.165, 1.54) is 0 Å². The molecular formula is C19H28N4O3. The van der Waals surface area contributed by atoms with Gasteiger partial charge >= 0.3 is 6.03 Å². The van der Waals surface area contributed by atoms with Crippen LogP contribution in [0, 0.1) is 0 Å². The van der Waals surface area contributed by atoms with E-state index in [4.69, 9.17) is 0 Å². The van der Waals surface area contributed by atoms with Crippen LogP contribution in [0.5, 0.6) is 0 Å². The fourth-order valence-corrected chi connectivity index (χ4v) is 2.83. The van der Waals surface area contributed by atoms with Crippen LogP contribution in [0.15, 0.2) is 30.3 Å². The van der Waals surface area contributed by atoms with E-state index in [-0.39, 0.29) is 29.9 Å². The molecule has 26 heavy (non-hydrogen) atoms. The summed E-state index contributed by atoms with van der Waals surface area (Å²) in [5.74, 6) is -0.390. The first-order valence-corrected chi connectivity index (χ1v) is 8.93. The number of carbonyl (C=O) groups is 3. The molecule has 142 valence electrons. The van der Waals surface area contributed by atoms with E-state index in [2.05, 4.69) is 16.0 Å². The lowest BCUT2D eigenvalue weighted by molar-refractivity contribution is -0.121. The Bertz CT molecular complexity index is 632. The van der Waals surface area contributed by atoms with E-state index in [0.717, 1.165) is 12.8 Å². The SMILES string of the molecule is CC(C)(C)NC(=O)NC(=O)CN1CCC(NC(=O)c2ccccc2)CC1. The fraction of sp³-hybridized carbons (Fsp3) is 0.526. The number of likely N-dealkylation sites (tertiary alicyclic amines) is 1. The summed E-state index contributed by atoms with van der Waals surface area (Å²) in [6.07, 6.45) is 1.56. The Morgan fingerprint density at radius 1 is 1.08 bits per heavy atom. The smallest absolute Gasteiger partial charge is 0.321 e. The third-order valence-electron chi connectivity index (χ3n) is 4.07. The Labute approximate surface area is 154 Å². The van der Waals surface area contributed by atoms with Crippen LogP contribution in [0.1, 0.15) is 44.0 Å². The normalized spacial score (nSPS) is 16.0. The van der Waals surface area contributed by atoms with E-state index in [9.17, 15) is 14.4 Å². The number of piperidine rings is 1. The van der Waals surface area contributed by atoms with Gasteiger partial charge in [-0.25, -0.2) is 4.79 Å². The largest absolute Gasteiger partial charge is 0.349 e. The van der Waals surface area contributed by atoms with E-state index >= 15 is 0 Å². The molecule has 1 saturated heterocycles. The number of imide groups is 1. The Hall–Kier alpha value is -2.41. The molecule has 0 unspecified atom stereocenters. The highest BCUT2D eigenvalue weighted by Gasteiger charge is 2.23. The zero-order valence-electron chi connectivity index (χ0n) is 15.7. The first-order chi connectivity index (χ1) is 12.2. The van der Waals surface area contributed by atoms with Crippen LogP contribution < -0.4 is 16.0 Å². The van der Waals surface area contributed by atoms with Gasteiger partial charge in [-0.15, -0.1) is 0 Å². The van der Waals surface area contributed by atoms with Crippen molar-refractivity contribution in [3.05, 3.63) is 35.9 Å². The van der Waals surface area contributed by atoms with Crippen molar-refractivity contribution in [1.82, 2.24) is 20.9 Å². The van der Waals surface area contributed by atoms with Crippen molar-refractivity contribution >= 4 is 17.8 Å². The van der Waals surface area contributed by atoms with Gasteiger partial charge in [0.1, 0.15) is 0 Å². The van der Waals surface area contributed by atoms with Gasteiger partial charge < -0.3 is 10.6 Å². The van der Waals surface area contributed by atoms with Gasteiger partial charge in [-0.1, -0.05) is 18.2 Å². The molecule has 0 atom stereocenters. The third kappa shape index (κ3) is 6.84. The second kappa shape index (κ2) is 8.80. The monoisotopic (exact) mass is 360 g/mol. The van der Waals surface area contributed by atoms with Crippen molar-refractivity contribution in [3.63, 3.8) is 0 Å². The molecule has 2 rings (SSSR count). The van der Waals surface area contributed by atoms with Gasteiger partial charge in [0, 0.05) is 30.2 Å². The number of hydrogen-bond acceptors (Lipinski definition) is 4. The van der Waals surface area contributed by atoms with Gasteiger partial charge in [0.2, 0.25) is 5.91 Å². The number of nitrogens with zero attached hydrogens (tertiary/aromatic N) is 1. The first-order valence-electron chi connectivity index (χ1n) is 8.93. The lowest BCUT2D eigenvalue weighted by Gasteiger charge is -2.31. The maximum atomic E-state index is 12.2. The number of carbonyl (C=O) groups excluding carboxylic acids is 3. The third-order valence-corrected chi connectivity index (χ3v) is 4.07. The number of rotatable bonds is 4. The summed E-state index contributed by atoms with van der Waals surface area (Å²) in [7, 11) is 0. The van der Waals surface area contributed by atoms with Gasteiger partial charge in [0.15, 0.2) is 0 Å². The van der Waals surface area contributed by atoms with Gasteiger partial charge in [-0.05, 0) is 45.7 Å². The van der Waals surface area contributed by atoms with E-state index in [1.54, 1.807) is 12.1 Å². The van der Waals surface area contributed by atoms with Gasteiger partial charge in [0.25, 0.3) is 5.91 Å². The molecule has 1 aliphatic heterocycles. The second-order valence-corrected chi connectivity index (χ2v) is 7.64. The van der Waals surface area contributed by atoms with Crippen LogP contribution in [0.25, 0.3) is 0 Å². The molecule has 0 radical (unpaired) electrons. The lowest BCUT2D eigenvalue weighted by Crippen LogP contribution is -2.52. The van der Waals surface area contributed by atoms with Gasteiger partial charge in [-0.3, -0.25) is 19.8 Å². The van der Waals surface area contributed by atoms with E-state index in [1.807, 2.05) is 43.9 Å². The maximum Gasteiger partial charge on any atom is 0.321 e. The zero-order chi connectivity index (χ0) is 19.2. The van der Waals surface area contributed by atoms with E-state index < -0.39 is 6.03 Å². The van der Waals surface area contributed by atoms with Crippen molar-refractivity contribution in [2.24, 2.45) is 0 Å². The average Bonchev–Trinajstić information content (AvgIpc) is 2.55. The molecular weight excluding hydrogens is 332 g/mol. The lowest BCUT2D eigenvalue weighted by atomic mass is 10.0. The predicted molar refractivity (Wildman–Crippen MR) is 99.8 cm³/mol. The topological polar surface area (TPSA) is 90.5 Å². The average molecular weight is 360 g/mol. The molecule has 3 N–H and O–H groups in total. The Morgan fingerprint density at radius 2 is 1.69 bits per heavy atom. The first kappa shape index (κ1) is 19.9. The highest BCUT2D eigenvalue weighted by Crippen LogP contribution is 2.11. The van der Waals surface area contributed by atoms with Crippen molar-refractivity contribution in [1.29, 1.82) is 0 Å². The highest BCUT2D eigenvalue weighted by atomic mass is 16.2. The maximum absolute atomic E-state index is 12.2. The van der Waals surface area contributed by atoms with Crippen molar-refractivity contribution in [2.75, 3.05) is 19.6 Å². The summed E-state index contributed by atoms with van der Waals surface area (Å²) in [5, 5.41) is 8.08. The summed E-state index contributed by atoms with van der Waals surface area (Å²) >= 11 is 0. The molecule has 1 aliphatic rings. The molecule has 7 heteroatoms. The molecule has 7 nitrogen and oxygen atoms in total. The minimum absolute atomic E-state index is 0.0688. The van der Waals surface area contributed by atoms with Crippen molar-refractivity contribution < 1.29 is 14.4 Å². The second-order valence-electron chi connectivity index (χ2n) is 7.64. The van der Waals surface area contributed by atoms with Crippen LogP contribution in [0.3, 0.4) is 0 Å². The summed E-state index contributed by atoms with van der Waals surface area (Å²) in [6.45, 7) is 7.14. The van der Waals surface area contributed by atoms with Crippen molar-refractivity contribution in [3.8, 4) is 0 Å². The van der Waals surface area contributed by atoms with Crippen LogP contribution in [0.4, 0.5) is 4.79 Å². The molecule has 1 fully saturated rings. The molecule has 1 aromatic carbocycles. The van der Waals surface area contributed by atoms with Crippen molar-refractivity contribution in [2.45, 2.75) is 45.2 Å². The Balaban J connectivity index is 1.70. The minimum Gasteiger partial charge on any atom is -0.349 e. The van der Waals surface area contributed by atoms with Crippen LogP contribution in [-0.2, 0) is 4.79 Å².